The van der Waals surface area contributed by atoms with Gasteiger partial charge in [-0.3, -0.25) is 14.9 Å². The van der Waals surface area contributed by atoms with Crippen molar-refractivity contribution < 1.29 is 33.0 Å². The Morgan fingerprint density at radius 1 is 0.822 bits per heavy atom. The van der Waals surface area contributed by atoms with Gasteiger partial charge in [-0.25, -0.2) is 14.1 Å². The second kappa shape index (κ2) is 14.0. The van der Waals surface area contributed by atoms with Gasteiger partial charge in [0.05, 0.1) is 17.3 Å². The normalized spacial score (nSPS) is 14.0. The first kappa shape index (κ1) is 31.8. The minimum Gasteiger partial charge on any atom is -0.490 e. The van der Waals surface area contributed by atoms with Gasteiger partial charge >= 0.3 is 6.03 Å². The summed E-state index contributed by atoms with van der Waals surface area (Å²) in [6.07, 6.45) is 1.29. The zero-order valence-corrected chi connectivity index (χ0v) is 25.9. The number of carbonyl (C=O) groups is 3. The first-order valence-corrected chi connectivity index (χ1v) is 14.7. The predicted molar refractivity (Wildman–Crippen MR) is 170 cm³/mol. The molecule has 0 atom stereocenters. The first-order chi connectivity index (χ1) is 21.6. The van der Waals surface area contributed by atoms with Crippen LogP contribution in [-0.4, -0.2) is 24.5 Å². The lowest BCUT2D eigenvalue weighted by atomic mass is 10.1. The van der Waals surface area contributed by atoms with E-state index in [9.17, 15) is 18.8 Å². The number of rotatable bonds is 10. The predicted octanol–water partition coefficient (Wildman–Crippen LogP) is 8.01. The van der Waals surface area contributed by atoms with Crippen LogP contribution in [0, 0.1) is 5.82 Å². The lowest BCUT2D eigenvalue weighted by molar-refractivity contribution is -0.122. The molecule has 0 radical (unpaired) electrons. The molecule has 1 fully saturated rings. The second-order valence-corrected chi connectivity index (χ2v) is 10.9. The van der Waals surface area contributed by atoms with Crippen molar-refractivity contribution >= 4 is 64.4 Å². The maximum absolute atomic E-state index is 14.1. The maximum Gasteiger partial charge on any atom is 0.335 e. The Morgan fingerprint density at radius 3 is 2.27 bits per heavy atom. The number of urea groups is 1. The Hall–Kier alpha value is -4.57. The minimum atomic E-state index is -0.909. The van der Waals surface area contributed by atoms with Gasteiger partial charge in [-0.2, -0.15) is 0 Å². The molecule has 1 N–H and O–H groups in total. The first-order valence-electron chi connectivity index (χ1n) is 13.6. The van der Waals surface area contributed by atoms with E-state index in [0.29, 0.717) is 26.9 Å². The fraction of sp³-hybridized carbons (Fsp3) is 0.121. The summed E-state index contributed by atoms with van der Waals surface area (Å²) in [4.78, 5) is 39.8. The average molecular weight is 670 g/mol. The monoisotopic (exact) mass is 668 g/mol. The van der Waals surface area contributed by atoms with Crippen molar-refractivity contribution in [1.29, 1.82) is 0 Å². The number of benzene rings is 4. The van der Waals surface area contributed by atoms with Crippen LogP contribution in [0.3, 0.4) is 0 Å². The van der Waals surface area contributed by atoms with Crippen LogP contribution in [0.15, 0.2) is 84.4 Å². The van der Waals surface area contributed by atoms with Crippen LogP contribution < -0.4 is 24.4 Å². The van der Waals surface area contributed by atoms with E-state index >= 15 is 0 Å². The molecular formula is C33H24Cl3FN2O6. The number of nitrogens with one attached hydrogen (secondary N) is 1. The Balaban J connectivity index is 1.36. The highest BCUT2D eigenvalue weighted by Gasteiger charge is 2.37. The van der Waals surface area contributed by atoms with E-state index in [4.69, 9.17) is 49.0 Å². The lowest BCUT2D eigenvalue weighted by Gasteiger charge is -2.26. The minimum absolute atomic E-state index is 0.108. The highest BCUT2D eigenvalue weighted by Crippen LogP contribution is 2.38. The Morgan fingerprint density at radius 2 is 1.56 bits per heavy atom. The van der Waals surface area contributed by atoms with Crippen LogP contribution in [0.1, 0.15) is 23.6 Å². The van der Waals surface area contributed by atoms with E-state index in [-0.39, 0.29) is 47.6 Å². The van der Waals surface area contributed by atoms with Crippen molar-refractivity contribution in [3.63, 3.8) is 0 Å². The molecule has 0 spiro atoms. The number of carbonyl (C=O) groups excluding carboxylic acids is 3. The largest absolute Gasteiger partial charge is 0.490 e. The summed E-state index contributed by atoms with van der Waals surface area (Å²) in [5.41, 5.74) is 1.27. The van der Waals surface area contributed by atoms with E-state index in [1.54, 1.807) is 55.5 Å². The molecule has 4 aromatic rings. The van der Waals surface area contributed by atoms with Crippen molar-refractivity contribution in [2.75, 3.05) is 11.5 Å². The summed E-state index contributed by atoms with van der Waals surface area (Å²) in [7, 11) is 0. The number of nitrogens with zero attached hydrogens (tertiary/aromatic N) is 1. The van der Waals surface area contributed by atoms with Crippen molar-refractivity contribution in [2.24, 2.45) is 0 Å². The molecule has 1 aliphatic heterocycles. The zero-order chi connectivity index (χ0) is 32.1. The summed E-state index contributed by atoms with van der Waals surface area (Å²) in [5.74, 6) is -1.31. The summed E-state index contributed by atoms with van der Waals surface area (Å²) in [6, 6.07) is 19.5. The van der Waals surface area contributed by atoms with Crippen LogP contribution in [0.4, 0.5) is 14.9 Å². The highest BCUT2D eigenvalue weighted by atomic mass is 35.5. The van der Waals surface area contributed by atoms with Crippen molar-refractivity contribution in [3.8, 4) is 17.2 Å². The number of anilines is 1. The third-order valence-corrected chi connectivity index (χ3v) is 7.45. The fourth-order valence-corrected chi connectivity index (χ4v) is 5.13. The summed E-state index contributed by atoms with van der Waals surface area (Å²) >= 11 is 18.6. The molecule has 4 aromatic carbocycles. The molecule has 0 bridgehead atoms. The van der Waals surface area contributed by atoms with E-state index in [1.165, 1.54) is 36.4 Å². The van der Waals surface area contributed by atoms with Gasteiger partial charge in [0.2, 0.25) is 0 Å². The highest BCUT2D eigenvalue weighted by molar-refractivity contribution is 6.39. The number of imide groups is 2. The van der Waals surface area contributed by atoms with E-state index in [2.05, 4.69) is 5.32 Å². The Bertz CT molecular complexity index is 1810. The zero-order valence-electron chi connectivity index (χ0n) is 23.6. The van der Waals surface area contributed by atoms with Gasteiger partial charge in [0.15, 0.2) is 11.5 Å². The Kier molecular flexibility index (Phi) is 9.93. The number of barbiturate groups is 1. The maximum atomic E-state index is 14.1. The molecule has 1 heterocycles. The molecule has 1 aliphatic rings. The van der Waals surface area contributed by atoms with Crippen LogP contribution in [0.5, 0.6) is 17.2 Å². The molecule has 45 heavy (non-hydrogen) atoms. The number of hydrogen-bond acceptors (Lipinski definition) is 6. The van der Waals surface area contributed by atoms with Crippen LogP contribution in [0.2, 0.25) is 15.1 Å². The molecule has 5 rings (SSSR count). The average Bonchev–Trinajstić information content (AvgIpc) is 3.00. The lowest BCUT2D eigenvalue weighted by Crippen LogP contribution is -2.54. The van der Waals surface area contributed by atoms with Crippen molar-refractivity contribution in [1.82, 2.24) is 5.32 Å². The quantitative estimate of drug-likeness (QED) is 0.136. The van der Waals surface area contributed by atoms with Gasteiger partial charge in [-0.15, -0.1) is 0 Å². The van der Waals surface area contributed by atoms with Gasteiger partial charge in [0.1, 0.15) is 30.4 Å². The van der Waals surface area contributed by atoms with Gasteiger partial charge in [-0.1, -0.05) is 59.1 Å². The van der Waals surface area contributed by atoms with Crippen molar-refractivity contribution in [3.05, 3.63) is 122 Å². The summed E-state index contributed by atoms with van der Waals surface area (Å²) in [6.45, 7) is 2.06. The molecule has 0 aliphatic carbocycles. The number of ether oxygens (including phenoxy) is 3. The molecule has 0 unspecified atom stereocenters. The molecule has 8 nitrogen and oxygen atoms in total. The van der Waals surface area contributed by atoms with E-state index in [0.717, 1.165) is 10.5 Å². The smallest absolute Gasteiger partial charge is 0.335 e. The molecule has 12 heteroatoms. The summed E-state index contributed by atoms with van der Waals surface area (Å²) < 4.78 is 31.4. The SMILES string of the molecule is CCOc1cc(/C=C2\C(=O)NC(=O)N(c3ccc(OCc4ccc(Cl)cc4Cl)cc3)C2=O)cc(Cl)c1OCc1ccccc1F. The van der Waals surface area contributed by atoms with Crippen molar-refractivity contribution in [2.45, 2.75) is 20.1 Å². The third-order valence-electron chi connectivity index (χ3n) is 6.58. The molecule has 1 saturated heterocycles. The van der Waals surface area contributed by atoms with Gasteiger partial charge in [0.25, 0.3) is 11.8 Å². The number of halogens is 4. The van der Waals surface area contributed by atoms with Crippen LogP contribution in [0.25, 0.3) is 6.08 Å². The molecular weight excluding hydrogens is 646 g/mol. The number of hydrogen-bond donors (Lipinski definition) is 1. The molecule has 0 saturated carbocycles. The topological polar surface area (TPSA) is 94.2 Å². The van der Waals surface area contributed by atoms with Gasteiger partial charge in [-0.05, 0) is 73.2 Å². The van der Waals surface area contributed by atoms with Crippen LogP contribution >= 0.6 is 34.8 Å². The molecule has 230 valence electrons. The van der Waals surface area contributed by atoms with E-state index < -0.39 is 23.7 Å². The van der Waals surface area contributed by atoms with E-state index in [1.807, 2.05) is 0 Å². The molecule has 4 amide bonds. The standard InChI is InChI=1S/C33H24Cl3FN2O6/c1-2-43-29-15-19(14-27(36)30(29)45-18-21-5-3-4-6-28(21)37)13-25-31(40)38-33(42)39(32(25)41)23-9-11-24(12-10-23)44-17-20-7-8-22(34)16-26(20)35/h3-16H,2,17-18H2,1H3,(H,38,40,42)/b25-13+. The van der Waals surface area contributed by atoms with Gasteiger partial charge < -0.3 is 14.2 Å². The number of amides is 4. The molecule has 0 aromatic heterocycles. The fourth-order valence-electron chi connectivity index (χ4n) is 4.39. The Labute approximate surface area is 272 Å². The summed E-state index contributed by atoms with van der Waals surface area (Å²) in [5, 5.41) is 3.26. The van der Waals surface area contributed by atoms with Gasteiger partial charge in [0, 0.05) is 21.2 Å². The van der Waals surface area contributed by atoms with Crippen LogP contribution in [-0.2, 0) is 22.8 Å². The second-order valence-electron chi connectivity index (χ2n) is 9.62. The third kappa shape index (κ3) is 7.39.